The van der Waals surface area contributed by atoms with Gasteiger partial charge in [-0.2, -0.15) is 5.10 Å². The van der Waals surface area contributed by atoms with E-state index in [9.17, 15) is 4.79 Å². The number of amides is 1. The van der Waals surface area contributed by atoms with Crippen LogP contribution < -0.4 is 10.6 Å². The molecule has 2 aromatic rings. The Hall–Kier alpha value is -2.08. The van der Waals surface area contributed by atoms with Crippen molar-refractivity contribution in [1.82, 2.24) is 20.8 Å². The maximum atomic E-state index is 12.0. The van der Waals surface area contributed by atoms with E-state index in [1.807, 2.05) is 6.07 Å². The number of furan rings is 1. The first kappa shape index (κ1) is 13.9. The molecule has 6 nitrogen and oxygen atoms in total. The lowest BCUT2D eigenvalue weighted by Gasteiger charge is -2.22. The Balaban J connectivity index is 1.49. The molecular weight excluding hydrogens is 268 g/mol. The van der Waals surface area contributed by atoms with Crippen molar-refractivity contribution in [2.75, 3.05) is 19.6 Å². The molecule has 6 heteroatoms. The molecule has 1 fully saturated rings. The molecule has 1 amide bonds. The smallest absolute Gasteiger partial charge is 0.271 e. The van der Waals surface area contributed by atoms with Gasteiger partial charge in [0, 0.05) is 12.6 Å². The van der Waals surface area contributed by atoms with Crippen molar-refractivity contribution >= 4 is 5.91 Å². The molecule has 0 saturated carbocycles. The van der Waals surface area contributed by atoms with Crippen LogP contribution in [0.3, 0.4) is 0 Å². The van der Waals surface area contributed by atoms with E-state index in [0.717, 1.165) is 19.5 Å². The van der Waals surface area contributed by atoms with Crippen LogP contribution in [-0.2, 0) is 0 Å². The van der Waals surface area contributed by atoms with Crippen molar-refractivity contribution < 1.29 is 9.21 Å². The minimum atomic E-state index is -0.146. The van der Waals surface area contributed by atoms with Crippen LogP contribution in [0.1, 0.15) is 29.8 Å². The van der Waals surface area contributed by atoms with Gasteiger partial charge in [-0.1, -0.05) is 0 Å². The van der Waals surface area contributed by atoms with Gasteiger partial charge in [0.05, 0.1) is 6.26 Å². The SMILES string of the molecule is O=C(NCCC1CCCNC1)c1cc(-c2ccco2)[nH]n1. The second-order valence-electron chi connectivity index (χ2n) is 5.40. The summed E-state index contributed by atoms with van der Waals surface area (Å²) >= 11 is 0. The highest BCUT2D eigenvalue weighted by Gasteiger charge is 2.15. The molecule has 1 atom stereocenters. The van der Waals surface area contributed by atoms with Crippen molar-refractivity contribution in [2.45, 2.75) is 19.3 Å². The molecule has 0 aromatic carbocycles. The fraction of sp³-hybridized carbons (Fsp3) is 0.467. The fourth-order valence-electron chi connectivity index (χ4n) is 2.65. The molecule has 0 bridgehead atoms. The summed E-state index contributed by atoms with van der Waals surface area (Å²) in [5.74, 6) is 1.19. The van der Waals surface area contributed by atoms with E-state index in [1.165, 1.54) is 12.8 Å². The van der Waals surface area contributed by atoms with Crippen LogP contribution in [0.2, 0.25) is 0 Å². The van der Waals surface area contributed by atoms with E-state index < -0.39 is 0 Å². The Morgan fingerprint density at radius 2 is 2.48 bits per heavy atom. The molecule has 21 heavy (non-hydrogen) atoms. The predicted octanol–water partition coefficient (Wildman–Crippen LogP) is 1.79. The molecule has 1 unspecified atom stereocenters. The highest BCUT2D eigenvalue weighted by atomic mass is 16.3. The fourth-order valence-corrected chi connectivity index (χ4v) is 2.65. The number of carbonyl (C=O) groups excluding carboxylic acids is 1. The van der Waals surface area contributed by atoms with Gasteiger partial charge in [-0.25, -0.2) is 0 Å². The zero-order valence-corrected chi connectivity index (χ0v) is 11.9. The third-order valence-corrected chi connectivity index (χ3v) is 3.83. The maximum Gasteiger partial charge on any atom is 0.271 e. The zero-order chi connectivity index (χ0) is 14.5. The summed E-state index contributed by atoms with van der Waals surface area (Å²) in [7, 11) is 0. The Kier molecular flexibility index (Phi) is 4.35. The summed E-state index contributed by atoms with van der Waals surface area (Å²) in [5.41, 5.74) is 1.10. The van der Waals surface area contributed by atoms with Crippen LogP contribution in [-0.4, -0.2) is 35.7 Å². The Bertz CT molecular complexity index is 570. The monoisotopic (exact) mass is 288 g/mol. The van der Waals surface area contributed by atoms with Crippen LogP contribution in [0.4, 0.5) is 0 Å². The summed E-state index contributed by atoms with van der Waals surface area (Å²) in [6.45, 7) is 2.86. The molecule has 3 rings (SSSR count). The van der Waals surface area contributed by atoms with Crippen molar-refractivity contribution in [2.24, 2.45) is 5.92 Å². The number of hydrogen-bond acceptors (Lipinski definition) is 4. The van der Waals surface area contributed by atoms with Gasteiger partial charge < -0.3 is 15.1 Å². The summed E-state index contributed by atoms with van der Waals surface area (Å²) < 4.78 is 5.26. The highest BCUT2D eigenvalue weighted by Crippen LogP contribution is 2.18. The van der Waals surface area contributed by atoms with Crippen molar-refractivity contribution in [3.63, 3.8) is 0 Å². The normalized spacial score (nSPS) is 18.6. The predicted molar refractivity (Wildman–Crippen MR) is 78.8 cm³/mol. The lowest BCUT2D eigenvalue weighted by atomic mass is 9.96. The Morgan fingerprint density at radius 1 is 1.52 bits per heavy atom. The molecule has 0 radical (unpaired) electrons. The third-order valence-electron chi connectivity index (χ3n) is 3.83. The van der Waals surface area contributed by atoms with Crippen LogP contribution >= 0.6 is 0 Å². The minimum absolute atomic E-state index is 0.146. The molecule has 3 N–H and O–H groups in total. The van der Waals surface area contributed by atoms with Gasteiger partial charge in [-0.15, -0.1) is 0 Å². The van der Waals surface area contributed by atoms with E-state index in [4.69, 9.17) is 4.42 Å². The summed E-state index contributed by atoms with van der Waals surface area (Å²) in [6.07, 6.45) is 5.07. The van der Waals surface area contributed by atoms with Gasteiger partial charge in [0.1, 0.15) is 5.69 Å². The second-order valence-corrected chi connectivity index (χ2v) is 5.40. The van der Waals surface area contributed by atoms with Gasteiger partial charge in [0.25, 0.3) is 5.91 Å². The van der Waals surface area contributed by atoms with Crippen LogP contribution in [0.15, 0.2) is 28.9 Å². The summed E-state index contributed by atoms with van der Waals surface area (Å²) in [6, 6.07) is 5.33. The quantitative estimate of drug-likeness (QED) is 0.783. The average Bonchev–Trinajstić information content (AvgIpc) is 3.19. The molecule has 1 aliphatic rings. The first-order chi connectivity index (χ1) is 10.3. The first-order valence-electron chi connectivity index (χ1n) is 7.41. The number of hydrogen-bond donors (Lipinski definition) is 3. The largest absolute Gasteiger partial charge is 0.463 e. The minimum Gasteiger partial charge on any atom is -0.463 e. The van der Waals surface area contributed by atoms with Crippen molar-refractivity contribution in [1.29, 1.82) is 0 Å². The lowest BCUT2D eigenvalue weighted by molar-refractivity contribution is 0.0945. The lowest BCUT2D eigenvalue weighted by Crippen LogP contribution is -2.33. The highest BCUT2D eigenvalue weighted by molar-refractivity contribution is 5.93. The van der Waals surface area contributed by atoms with Gasteiger partial charge in [-0.3, -0.25) is 9.89 Å². The number of rotatable bonds is 5. The van der Waals surface area contributed by atoms with Gasteiger partial charge in [-0.05, 0) is 50.4 Å². The molecule has 0 aliphatic carbocycles. The molecule has 3 heterocycles. The van der Waals surface area contributed by atoms with E-state index >= 15 is 0 Å². The molecule has 112 valence electrons. The van der Waals surface area contributed by atoms with Crippen molar-refractivity contribution in [3.05, 3.63) is 30.2 Å². The third kappa shape index (κ3) is 3.52. The second kappa shape index (κ2) is 6.58. The van der Waals surface area contributed by atoms with E-state index in [-0.39, 0.29) is 5.91 Å². The van der Waals surface area contributed by atoms with E-state index in [2.05, 4.69) is 20.8 Å². The molecule has 0 spiro atoms. The number of nitrogens with one attached hydrogen (secondary N) is 3. The number of carbonyl (C=O) groups is 1. The Morgan fingerprint density at radius 3 is 3.24 bits per heavy atom. The molecule has 1 aliphatic heterocycles. The van der Waals surface area contributed by atoms with E-state index in [0.29, 0.717) is 29.6 Å². The maximum absolute atomic E-state index is 12.0. The molecule has 2 aromatic heterocycles. The van der Waals surface area contributed by atoms with Gasteiger partial charge in [0.2, 0.25) is 0 Å². The zero-order valence-electron chi connectivity index (χ0n) is 11.9. The van der Waals surface area contributed by atoms with E-state index in [1.54, 1.807) is 18.4 Å². The van der Waals surface area contributed by atoms with Crippen LogP contribution in [0.25, 0.3) is 11.5 Å². The number of aromatic nitrogens is 2. The molecule has 1 saturated heterocycles. The standard InChI is InChI=1S/C15H20N4O2/c20-15(17-7-5-11-3-1-6-16-10-11)13-9-12(18-19-13)14-4-2-8-21-14/h2,4,8-9,11,16H,1,3,5-7,10H2,(H,17,20)(H,18,19). The van der Waals surface area contributed by atoms with Crippen LogP contribution in [0.5, 0.6) is 0 Å². The summed E-state index contributed by atoms with van der Waals surface area (Å²) in [5, 5.41) is 13.2. The topological polar surface area (TPSA) is 83.0 Å². The number of aromatic amines is 1. The number of nitrogens with zero attached hydrogens (tertiary/aromatic N) is 1. The van der Waals surface area contributed by atoms with Crippen molar-refractivity contribution in [3.8, 4) is 11.5 Å². The average molecular weight is 288 g/mol. The first-order valence-corrected chi connectivity index (χ1v) is 7.41. The molecular formula is C15H20N4O2. The Labute approximate surface area is 123 Å². The number of H-pyrrole nitrogens is 1. The van der Waals surface area contributed by atoms with Gasteiger partial charge in [0.15, 0.2) is 11.5 Å². The summed E-state index contributed by atoms with van der Waals surface area (Å²) in [4.78, 5) is 12.0. The number of piperidine rings is 1. The van der Waals surface area contributed by atoms with Crippen LogP contribution in [0, 0.1) is 5.92 Å². The van der Waals surface area contributed by atoms with Gasteiger partial charge >= 0.3 is 0 Å².